The van der Waals surface area contributed by atoms with E-state index in [1.165, 1.54) is 64.2 Å². The average Bonchev–Trinajstić information content (AvgIpc) is 3.06. The summed E-state index contributed by atoms with van der Waals surface area (Å²) in [5, 5.41) is 8.50. The van der Waals surface area contributed by atoms with Crippen LogP contribution >= 0.6 is 0 Å². The smallest absolute Gasteiger partial charge is 0.113 e. The van der Waals surface area contributed by atoms with E-state index in [0.29, 0.717) is 0 Å². The number of rotatable bonds is 12. The second-order valence-electron chi connectivity index (χ2n) is 6.41. The molecule has 0 N–H and O–H groups in total. The third-order valence-electron chi connectivity index (χ3n) is 4.35. The molecule has 0 unspecified atom stereocenters. The lowest BCUT2D eigenvalue weighted by atomic mass is 10.1. The molecule has 1 heterocycles. The van der Waals surface area contributed by atoms with Gasteiger partial charge in [-0.1, -0.05) is 100 Å². The molecular weight excluding hydrogens is 282 g/mol. The van der Waals surface area contributed by atoms with Gasteiger partial charge in [0.1, 0.15) is 5.69 Å². The van der Waals surface area contributed by atoms with Gasteiger partial charge in [-0.25, -0.2) is 0 Å². The van der Waals surface area contributed by atoms with E-state index < -0.39 is 0 Å². The zero-order valence-corrected chi connectivity index (χ0v) is 14.6. The Kier molecular flexibility index (Phi) is 8.46. The second kappa shape index (κ2) is 11.0. The molecule has 23 heavy (non-hydrogen) atoms. The molecule has 2 aromatic rings. The highest BCUT2D eigenvalue weighted by Gasteiger charge is 2.02. The third kappa shape index (κ3) is 6.98. The minimum absolute atomic E-state index is 0.970. The summed E-state index contributed by atoms with van der Waals surface area (Å²) in [7, 11) is 0. The summed E-state index contributed by atoms with van der Waals surface area (Å²) in [6.45, 7) is 3.26. The highest BCUT2D eigenvalue weighted by molar-refractivity contribution is 5.56. The Hall–Kier alpha value is -1.64. The lowest BCUT2D eigenvalue weighted by Crippen LogP contribution is -1.98. The van der Waals surface area contributed by atoms with Gasteiger partial charge in [-0.2, -0.15) is 0 Å². The van der Waals surface area contributed by atoms with Crippen molar-refractivity contribution in [2.45, 2.75) is 77.7 Å². The molecule has 0 atom stereocenters. The first-order chi connectivity index (χ1) is 11.4. The normalized spacial score (nSPS) is 11.0. The van der Waals surface area contributed by atoms with Crippen molar-refractivity contribution in [2.24, 2.45) is 0 Å². The molecule has 0 fully saturated rings. The van der Waals surface area contributed by atoms with E-state index in [4.69, 9.17) is 0 Å². The van der Waals surface area contributed by atoms with Gasteiger partial charge in [0.25, 0.3) is 0 Å². The van der Waals surface area contributed by atoms with Crippen LogP contribution in [-0.2, 0) is 6.54 Å². The van der Waals surface area contributed by atoms with Crippen LogP contribution in [0.1, 0.15) is 71.1 Å². The van der Waals surface area contributed by atoms with Gasteiger partial charge in [-0.05, 0) is 6.42 Å². The summed E-state index contributed by atoms with van der Waals surface area (Å²) in [6.07, 6.45) is 15.7. The molecule has 3 heteroatoms. The van der Waals surface area contributed by atoms with Crippen molar-refractivity contribution >= 4 is 0 Å². The maximum atomic E-state index is 4.26. The minimum Gasteiger partial charge on any atom is -0.252 e. The van der Waals surface area contributed by atoms with E-state index in [1.807, 2.05) is 22.9 Å². The number of aromatic nitrogens is 3. The fraction of sp³-hybridized carbons (Fsp3) is 0.600. The number of hydrogen-bond donors (Lipinski definition) is 0. The monoisotopic (exact) mass is 313 g/mol. The van der Waals surface area contributed by atoms with E-state index in [2.05, 4.69) is 35.6 Å². The van der Waals surface area contributed by atoms with E-state index >= 15 is 0 Å². The fourth-order valence-corrected chi connectivity index (χ4v) is 2.91. The molecule has 1 aromatic heterocycles. The van der Waals surface area contributed by atoms with Crippen molar-refractivity contribution in [1.29, 1.82) is 0 Å². The van der Waals surface area contributed by atoms with Crippen molar-refractivity contribution in [3.8, 4) is 11.3 Å². The summed E-state index contributed by atoms with van der Waals surface area (Å²) >= 11 is 0. The number of benzene rings is 1. The van der Waals surface area contributed by atoms with Gasteiger partial charge in [-0.15, -0.1) is 5.10 Å². The van der Waals surface area contributed by atoms with Crippen LogP contribution in [0.4, 0.5) is 0 Å². The van der Waals surface area contributed by atoms with Crippen LogP contribution in [-0.4, -0.2) is 15.0 Å². The summed E-state index contributed by atoms with van der Waals surface area (Å²) in [5.74, 6) is 0. The molecule has 1 aromatic carbocycles. The number of nitrogens with zero attached hydrogens (tertiary/aromatic N) is 3. The second-order valence-corrected chi connectivity index (χ2v) is 6.41. The molecule has 0 saturated carbocycles. The zero-order valence-electron chi connectivity index (χ0n) is 14.6. The van der Waals surface area contributed by atoms with Gasteiger partial charge in [0.2, 0.25) is 0 Å². The number of unbranched alkanes of at least 4 members (excludes halogenated alkanes) is 9. The standard InChI is InChI=1S/C20H31N3/c1-2-3-4-5-6-7-8-9-10-14-17-23-18-20(21-22-23)19-15-12-11-13-16-19/h11-13,15-16,18H,2-10,14,17H2,1H3. The summed E-state index contributed by atoms with van der Waals surface area (Å²) < 4.78 is 1.98. The molecular formula is C20H31N3. The number of aryl methyl sites for hydroxylation is 1. The van der Waals surface area contributed by atoms with Gasteiger partial charge < -0.3 is 0 Å². The first-order valence-electron chi connectivity index (χ1n) is 9.35. The SMILES string of the molecule is CCCCCCCCCCCCn1cc(-c2ccccc2)nn1. The molecule has 0 spiro atoms. The zero-order chi connectivity index (χ0) is 16.2. The van der Waals surface area contributed by atoms with Gasteiger partial charge >= 0.3 is 0 Å². The van der Waals surface area contributed by atoms with Crippen molar-refractivity contribution in [3.63, 3.8) is 0 Å². The Balaban J connectivity index is 1.53. The highest BCUT2D eigenvalue weighted by Crippen LogP contribution is 2.15. The molecule has 2 rings (SSSR count). The van der Waals surface area contributed by atoms with Crippen LogP contribution < -0.4 is 0 Å². The lowest BCUT2D eigenvalue weighted by molar-refractivity contribution is 0.507. The molecule has 0 bridgehead atoms. The quantitative estimate of drug-likeness (QED) is 0.459. The first kappa shape index (κ1) is 17.7. The Morgan fingerprint density at radius 2 is 1.39 bits per heavy atom. The van der Waals surface area contributed by atoms with E-state index in [1.54, 1.807) is 0 Å². The summed E-state index contributed by atoms with van der Waals surface area (Å²) in [4.78, 5) is 0. The molecule has 0 saturated heterocycles. The molecule has 0 radical (unpaired) electrons. The number of hydrogen-bond acceptors (Lipinski definition) is 2. The molecule has 126 valence electrons. The molecule has 0 amide bonds. The van der Waals surface area contributed by atoms with Crippen molar-refractivity contribution in [1.82, 2.24) is 15.0 Å². The topological polar surface area (TPSA) is 30.7 Å². The van der Waals surface area contributed by atoms with Gasteiger partial charge in [-0.3, -0.25) is 4.68 Å². The van der Waals surface area contributed by atoms with E-state index in [9.17, 15) is 0 Å². The minimum atomic E-state index is 0.970. The van der Waals surface area contributed by atoms with Crippen LogP contribution in [0.15, 0.2) is 36.5 Å². The van der Waals surface area contributed by atoms with Gasteiger partial charge in [0, 0.05) is 12.1 Å². The van der Waals surface area contributed by atoms with E-state index in [-0.39, 0.29) is 0 Å². The fourth-order valence-electron chi connectivity index (χ4n) is 2.91. The summed E-state index contributed by atoms with van der Waals surface area (Å²) in [6, 6.07) is 10.3. The molecule has 0 aliphatic heterocycles. The lowest BCUT2D eigenvalue weighted by Gasteiger charge is -2.02. The Morgan fingerprint density at radius 3 is 2.04 bits per heavy atom. The predicted octanol–water partition coefficient (Wildman–Crippen LogP) is 5.87. The largest absolute Gasteiger partial charge is 0.252 e. The third-order valence-corrected chi connectivity index (χ3v) is 4.35. The maximum absolute atomic E-state index is 4.26. The van der Waals surface area contributed by atoms with Crippen LogP contribution in [0.3, 0.4) is 0 Å². The first-order valence-corrected chi connectivity index (χ1v) is 9.35. The van der Waals surface area contributed by atoms with Crippen LogP contribution in [0.25, 0.3) is 11.3 Å². The van der Waals surface area contributed by atoms with E-state index in [0.717, 1.165) is 17.8 Å². The Labute approximate surface area is 141 Å². The molecule has 3 nitrogen and oxygen atoms in total. The van der Waals surface area contributed by atoms with Crippen LogP contribution in [0, 0.1) is 0 Å². The van der Waals surface area contributed by atoms with Crippen LogP contribution in [0.2, 0.25) is 0 Å². The van der Waals surface area contributed by atoms with Crippen molar-refractivity contribution in [2.75, 3.05) is 0 Å². The Bertz CT molecular complexity index is 519. The van der Waals surface area contributed by atoms with Crippen LogP contribution in [0.5, 0.6) is 0 Å². The summed E-state index contributed by atoms with van der Waals surface area (Å²) in [5.41, 5.74) is 2.11. The Morgan fingerprint density at radius 1 is 0.783 bits per heavy atom. The highest BCUT2D eigenvalue weighted by atomic mass is 15.4. The van der Waals surface area contributed by atoms with Gasteiger partial charge in [0.05, 0.1) is 6.20 Å². The average molecular weight is 313 g/mol. The molecule has 0 aliphatic rings. The van der Waals surface area contributed by atoms with Crippen molar-refractivity contribution < 1.29 is 0 Å². The predicted molar refractivity (Wildman–Crippen MR) is 97.3 cm³/mol. The molecule has 0 aliphatic carbocycles. The van der Waals surface area contributed by atoms with Crippen molar-refractivity contribution in [3.05, 3.63) is 36.5 Å². The van der Waals surface area contributed by atoms with Gasteiger partial charge in [0.15, 0.2) is 0 Å². The maximum Gasteiger partial charge on any atom is 0.113 e.